The number of ether oxygens (including phenoxy) is 3. The van der Waals surface area contributed by atoms with Crippen LogP contribution in [0, 0.1) is 5.92 Å². The van der Waals surface area contributed by atoms with Gasteiger partial charge in [-0.15, -0.1) is 12.4 Å². The van der Waals surface area contributed by atoms with Crippen molar-refractivity contribution in [2.45, 2.75) is 44.3 Å². The minimum Gasteiger partial charge on any atom is -0.381 e. The van der Waals surface area contributed by atoms with Gasteiger partial charge < -0.3 is 25.3 Å². The van der Waals surface area contributed by atoms with Crippen LogP contribution < -0.4 is 11.1 Å². The summed E-state index contributed by atoms with van der Waals surface area (Å²) < 4.78 is 16.5. The van der Waals surface area contributed by atoms with Crippen LogP contribution in [0.1, 0.15) is 32.1 Å². The number of hydrogen-bond donors (Lipinski definition) is 2. The summed E-state index contributed by atoms with van der Waals surface area (Å²) in [4.78, 5) is 11.9. The van der Waals surface area contributed by atoms with E-state index in [1.807, 2.05) is 0 Å². The van der Waals surface area contributed by atoms with E-state index in [0.717, 1.165) is 51.9 Å². The van der Waals surface area contributed by atoms with Crippen molar-refractivity contribution in [2.75, 3.05) is 39.5 Å². The summed E-state index contributed by atoms with van der Waals surface area (Å²) in [6, 6.07) is 0. The average Bonchev–Trinajstić information content (AvgIpc) is 3.00. The highest BCUT2D eigenvalue weighted by molar-refractivity contribution is 5.85. The third-order valence-electron chi connectivity index (χ3n) is 4.12. The molecule has 2 aliphatic heterocycles. The molecule has 6 nitrogen and oxygen atoms in total. The Morgan fingerprint density at radius 3 is 2.68 bits per heavy atom. The number of amides is 1. The second-order valence-electron chi connectivity index (χ2n) is 5.84. The number of rotatable bonds is 8. The van der Waals surface area contributed by atoms with Gasteiger partial charge >= 0.3 is 0 Å². The molecule has 2 heterocycles. The fraction of sp³-hybridized carbons (Fsp3) is 0.933. The van der Waals surface area contributed by atoms with E-state index < -0.39 is 0 Å². The first kappa shape index (κ1) is 19.6. The van der Waals surface area contributed by atoms with Gasteiger partial charge in [0.2, 0.25) is 5.91 Å². The molecular formula is C15H29ClN2O4. The van der Waals surface area contributed by atoms with E-state index >= 15 is 0 Å². The van der Waals surface area contributed by atoms with Crippen LogP contribution in [-0.2, 0) is 19.0 Å². The van der Waals surface area contributed by atoms with Crippen LogP contribution in [0.3, 0.4) is 0 Å². The van der Waals surface area contributed by atoms with Gasteiger partial charge in [0.15, 0.2) is 0 Å². The van der Waals surface area contributed by atoms with Gasteiger partial charge in [-0.05, 0) is 38.0 Å². The largest absolute Gasteiger partial charge is 0.381 e. The van der Waals surface area contributed by atoms with Crippen LogP contribution in [0.2, 0.25) is 0 Å². The molecule has 2 fully saturated rings. The molecule has 0 radical (unpaired) electrons. The van der Waals surface area contributed by atoms with Crippen molar-refractivity contribution in [2.24, 2.45) is 11.7 Å². The Labute approximate surface area is 138 Å². The van der Waals surface area contributed by atoms with E-state index in [4.69, 9.17) is 19.9 Å². The lowest BCUT2D eigenvalue weighted by molar-refractivity contribution is -0.131. The maximum absolute atomic E-state index is 11.9. The molecule has 0 aromatic carbocycles. The summed E-state index contributed by atoms with van der Waals surface area (Å²) >= 11 is 0. The number of carbonyl (C=O) groups excluding carboxylic acids is 1. The maximum Gasteiger partial charge on any atom is 0.249 e. The van der Waals surface area contributed by atoms with E-state index in [1.165, 1.54) is 0 Å². The zero-order valence-electron chi connectivity index (χ0n) is 13.1. The molecule has 0 unspecified atom stereocenters. The molecule has 130 valence electrons. The van der Waals surface area contributed by atoms with E-state index in [0.29, 0.717) is 25.6 Å². The number of carbonyl (C=O) groups is 1. The summed E-state index contributed by atoms with van der Waals surface area (Å²) in [5.74, 6) is 0.615. The lowest BCUT2D eigenvalue weighted by Crippen LogP contribution is -2.36. The summed E-state index contributed by atoms with van der Waals surface area (Å²) in [6.45, 7) is 4.34. The first-order chi connectivity index (χ1) is 10.3. The molecule has 2 saturated heterocycles. The lowest BCUT2D eigenvalue weighted by Gasteiger charge is -2.21. The Morgan fingerprint density at radius 2 is 2.00 bits per heavy atom. The van der Waals surface area contributed by atoms with Crippen molar-refractivity contribution in [3.8, 4) is 0 Å². The average molecular weight is 337 g/mol. The van der Waals surface area contributed by atoms with Crippen LogP contribution in [0.5, 0.6) is 0 Å². The molecule has 0 aromatic rings. The minimum atomic E-state index is -0.318. The van der Waals surface area contributed by atoms with Gasteiger partial charge in [0.1, 0.15) is 6.10 Å². The highest BCUT2D eigenvalue weighted by atomic mass is 35.5. The zero-order valence-corrected chi connectivity index (χ0v) is 13.9. The Morgan fingerprint density at radius 1 is 1.23 bits per heavy atom. The molecule has 22 heavy (non-hydrogen) atoms. The minimum absolute atomic E-state index is 0. The molecule has 0 aromatic heterocycles. The molecule has 0 saturated carbocycles. The van der Waals surface area contributed by atoms with E-state index in [-0.39, 0.29) is 30.5 Å². The number of nitrogens with one attached hydrogen (secondary N) is 1. The van der Waals surface area contributed by atoms with E-state index in [1.54, 1.807) is 0 Å². The number of halogens is 1. The molecule has 2 rings (SSSR count). The van der Waals surface area contributed by atoms with E-state index in [2.05, 4.69) is 5.32 Å². The zero-order chi connectivity index (χ0) is 14.9. The highest BCUT2D eigenvalue weighted by Crippen LogP contribution is 2.18. The fourth-order valence-corrected chi connectivity index (χ4v) is 2.73. The first-order valence-corrected chi connectivity index (χ1v) is 8.08. The summed E-state index contributed by atoms with van der Waals surface area (Å²) in [5, 5.41) is 2.90. The van der Waals surface area contributed by atoms with Crippen molar-refractivity contribution >= 4 is 18.3 Å². The van der Waals surface area contributed by atoms with Gasteiger partial charge in [0.25, 0.3) is 0 Å². The van der Waals surface area contributed by atoms with Crippen LogP contribution in [0.4, 0.5) is 0 Å². The predicted molar refractivity (Wildman–Crippen MR) is 86.2 cm³/mol. The molecule has 3 N–H and O–H groups in total. The Balaban J connectivity index is 0.00000242. The molecule has 0 aliphatic carbocycles. The molecule has 2 atom stereocenters. The van der Waals surface area contributed by atoms with Gasteiger partial charge in [-0.25, -0.2) is 0 Å². The second-order valence-corrected chi connectivity index (χ2v) is 5.84. The van der Waals surface area contributed by atoms with Crippen LogP contribution in [-0.4, -0.2) is 57.6 Å². The highest BCUT2D eigenvalue weighted by Gasteiger charge is 2.29. The normalized spacial score (nSPS) is 25.7. The summed E-state index contributed by atoms with van der Waals surface area (Å²) in [7, 11) is 0. The first-order valence-electron chi connectivity index (χ1n) is 8.08. The van der Waals surface area contributed by atoms with Gasteiger partial charge in [-0.3, -0.25) is 4.79 Å². The van der Waals surface area contributed by atoms with Crippen LogP contribution in [0.15, 0.2) is 0 Å². The Hall–Kier alpha value is -0.400. The van der Waals surface area contributed by atoms with Crippen molar-refractivity contribution < 1.29 is 19.0 Å². The van der Waals surface area contributed by atoms with Gasteiger partial charge in [-0.2, -0.15) is 0 Å². The Bertz CT molecular complexity index is 314. The van der Waals surface area contributed by atoms with Gasteiger partial charge in [0, 0.05) is 39.5 Å². The van der Waals surface area contributed by atoms with Crippen LogP contribution in [0.25, 0.3) is 0 Å². The summed E-state index contributed by atoms with van der Waals surface area (Å²) in [6.07, 6.45) is 4.40. The SMILES string of the molecule is Cl.NC[C@H]1CC[C@@H](C(=O)NCCCOCC2CCOCC2)O1. The van der Waals surface area contributed by atoms with Gasteiger partial charge in [-0.1, -0.05) is 0 Å². The predicted octanol–water partition coefficient (Wildman–Crippen LogP) is 0.864. The Kier molecular flexibility index (Phi) is 9.99. The lowest BCUT2D eigenvalue weighted by atomic mass is 10.0. The standard InChI is InChI=1S/C15H28N2O4.ClH/c16-10-13-2-3-14(21-13)15(18)17-6-1-7-20-11-12-4-8-19-9-5-12;/h12-14H,1-11,16H2,(H,17,18);1H/t13-,14+;/m1./s1. The maximum atomic E-state index is 11.9. The van der Waals surface area contributed by atoms with E-state index in [9.17, 15) is 4.79 Å². The molecule has 7 heteroatoms. The molecule has 2 aliphatic rings. The molecule has 0 spiro atoms. The summed E-state index contributed by atoms with van der Waals surface area (Å²) in [5.41, 5.74) is 5.53. The molecular weight excluding hydrogens is 308 g/mol. The van der Waals surface area contributed by atoms with Crippen molar-refractivity contribution in [3.05, 3.63) is 0 Å². The number of nitrogens with two attached hydrogens (primary N) is 1. The topological polar surface area (TPSA) is 82.8 Å². The molecule has 1 amide bonds. The van der Waals surface area contributed by atoms with Crippen molar-refractivity contribution in [1.82, 2.24) is 5.32 Å². The van der Waals surface area contributed by atoms with Gasteiger partial charge in [0.05, 0.1) is 6.10 Å². The second kappa shape index (κ2) is 11.2. The van der Waals surface area contributed by atoms with Crippen molar-refractivity contribution in [3.63, 3.8) is 0 Å². The third-order valence-corrected chi connectivity index (χ3v) is 4.12. The fourth-order valence-electron chi connectivity index (χ4n) is 2.73. The smallest absolute Gasteiger partial charge is 0.249 e. The molecule has 0 bridgehead atoms. The monoisotopic (exact) mass is 336 g/mol. The quantitative estimate of drug-likeness (QED) is 0.642. The van der Waals surface area contributed by atoms with Crippen molar-refractivity contribution in [1.29, 1.82) is 0 Å². The number of hydrogen-bond acceptors (Lipinski definition) is 5. The van der Waals surface area contributed by atoms with Crippen LogP contribution >= 0.6 is 12.4 Å². The third kappa shape index (κ3) is 6.79.